The van der Waals surface area contributed by atoms with Crippen LogP contribution in [-0.4, -0.2) is 84.6 Å². The van der Waals surface area contributed by atoms with E-state index >= 15 is 4.39 Å². The lowest BCUT2D eigenvalue weighted by Gasteiger charge is -2.28. The van der Waals surface area contributed by atoms with Crippen LogP contribution in [0.4, 0.5) is 26.1 Å². The molecule has 13 heteroatoms. The maximum atomic E-state index is 15.0. The first kappa shape index (κ1) is 29.5. The highest BCUT2D eigenvalue weighted by Gasteiger charge is 2.27. The summed E-state index contributed by atoms with van der Waals surface area (Å²) >= 11 is 0. The summed E-state index contributed by atoms with van der Waals surface area (Å²) in [6, 6.07) is 8.93. The summed E-state index contributed by atoms with van der Waals surface area (Å²) in [5, 5.41) is 6.33. The fourth-order valence-electron chi connectivity index (χ4n) is 5.29. The fraction of sp³-hybridized carbons (Fsp3) is 0.345. The minimum atomic E-state index is -3.81. The Hall–Kier alpha value is -3.94. The Balaban J connectivity index is 1.42. The number of carbonyl (C=O) groups excluding carboxylic acids is 1. The van der Waals surface area contributed by atoms with E-state index in [0.29, 0.717) is 28.6 Å². The fourth-order valence-corrected chi connectivity index (χ4v) is 6.05. The third-order valence-corrected chi connectivity index (χ3v) is 8.58. The number of hydrogen-bond donors (Lipinski definition) is 3. The van der Waals surface area contributed by atoms with Gasteiger partial charge in [-0.25, -0.2) is 27.2 Å². The number of H-pyrrole nitrogens is 1. The largest absolute Gasteiger partial charge is 0.359 e. The molecule has 1 fully saturated rings. The smallest absolute Gasteiger partial charge is 0.241 e. The van der Waals surface area contributed by atoms with E-state index in [-0.39, 0.29) is 29.3 Å². The quantitative estimate of drug-likeness (QED) is 0.273. The average molecular weight is 598 g/mol. The molecule has 1 aliphatic heterocycles. The minimum Gasteiger partial charge on any atom is -0.359 e. The molecule has 1 amide bonds. The van der Waals surface area contributed by atoms with Gasteiger partial charge in [-0.2, -0.15) is 0 Å². The number of aromatic nitrogens is 3. The van der Waals surface area contributed by atoms with Crippen LogP contribution < -0.4 is 10.6 Å². The van der Waals surface area contributed by atoms with E-state index in [1.54, 1.807) is 24.4 Å². The molecule has 1 atom stereocenters. The molecule has 0 aliphatic carbocycles. The molecule has 1 unspecified atom stereocenters. The lowest BCUT2D eigenvalue weighted by molar-refractivity contribution is -0.121. The summed E-state index contributed by atoms with van der Waals surface area (Å²) in [6.07, 6.45) is 5.11. The highest BCUT2D eigenvalue weighted by Crippen LogP contribution is 2.34. The van der Waals surface area contributed by atoms with Gasteiger partial charge in [0.1, 0.15) is 10.6 Å². The maximum Gasteiger partial charge on any atom is 0.241 e. The van der Waals surface area contributed by atoms with Crippen molar-refractivity contribution in [1.82, 2.24) is 24.8 Å². The molecule has 1 aliphatic rings. The van der Waals surface area contributed by atoms with Gasteiger partial charge in [-0.1, -0.05) is 25.1 Å². The number of nitrogens with zero attached hydrogens (tertiary/aromatic N) is 4. The first-order valence-electron chi connectivity index (χ1n) is 13.7. The van der Waals surface area contributed by atoms with Crippen molar-refractivity contribution in [3.63, 3.8) is 0 Å². The Bertz CT molecular complexity index is 1730. The van der Waals surface area contributed by atoms with Crippen molar-refractivity contribution in [1.29, 1.82) is 0 Å². The number of nitrogens with one attached hydrogen (secondary N) is 3. The molecule has 0 radical (unpaired) electrons. The summed E-state index contributed by atoms with van der Waals surface area (Å²) < 4.78 is 53.7. The molecule has 2 aromatic heterocycles. The number of para-hydroxylation sites is 1. The zero-order valence-corrected chi connectivity index (χ0v) is 24.4. The molecule has 0 saturated carbocycles. The zero-order valence-electron chi connectivity index (χ0n) is 23.6. The number of halogens is 2. The molecule has 5 rings (SSSR count). The molecule has 2 aromatic carbocycles. The van der Waals surface area contributed by atoms with Crippen molar-refractivity contribution in [2.24, 2.45) is 0 Å². The molecule has 1 saturated heterocycles. The lowest BCUT2D eigenvalue weighted by Crippen LogP contribution is -2.45. The van der Waals surface area contributed by atoms with Gasteiger partial charge in [0.05, 0.1) is 29.1 Å². The van der Waals surface area contributed by atoms with Gasteiger partial charge in [-0.3, -0.25) is 9.69 Å². The summed E-state index contributed by atoms with van der Waals surface area (Å²) in [7, 11) is -1.72. The van der Waals surface area contributed by atoms with Crippen molar-refractivity contribution in [3.05, 3.63) is 60.4 Å². The molecule has 0 spiro atoms. The van der Waals surface area contributed by atoms with E-state index in [4.69, 9.17) is 0 Å². The number of sulfone groups is 1. The van der Waals surface area contributed by atoms with Crippen molar-refractivity contribution < 1.29 is 22.0 Å². The first-order chi connectivity index (χ1) is 20.1. The number of benzene rings is 2. The second kappa shape index (κ2) is 12.1. The normalized spacial score (nSPS) is 15.8. The summed E-state index contributed by atoms with van der Waals surface area (Å²) in [5.74, 6) is -1.93. The third kappa shape index (κ3) is 6.13. The molecule has 42 heavy (non-hydrogen) atoms. The van der Waals surface area contributed by atoms with Gasteiger partial charge in [0.25, 0.3) is 0 Å². The molecule has 222 valence electrons. The van der Waals surface area contributed by atoms with Crippen LogP contribution in [0.1, 0.15) is 19.8 Å². The highest BCUT2D eigenvalue weighted by atomic mass is 32.2. The molecular weight excluding hydrogens is 564 g/mol. The van der Waals surface area contributed by atoms with Crippen LogP contribution in [0.25, 0.3) is 22.2 Å². The van der Waals surface area contributed by atoms with E-state index in [9.17, 15) is 17.6 Å². The van der Waals surface area contributed by atoms with E-state index in [1.807, 2.05) is 6.92 Å². The van der Waals surface area contributed by atoms with Gasteiger partial charge in [0.2, 0.25) is 11.9 Å². The van der Waals surface area contributed by atoms with Gasteiger partial charge < -0.3 is 20.5 Å². The van der Waals surface area contributed by atoms with Crippen LogP contribution in [0.5, 0.6) is 0 Å². The lowest BCUT2D eigenvalue weighted by atomic mass is 10.1. The highest BCUT2D eigenvalue weighted by molar-refractivity contribution is 7.90. The molecule has 3 N–H and O–H groups in total. The second-order valence-corrected chi connectivity index (χ2v) is 12.4. The standard InChI is InChI=1S/C29H33F2N7O3S/c1-4-23(38-13-7-12-37(2)14-15-38)28(39)34-22-10-5-8-18-19(16-32-27(18)22)26-20(30)17-33-29(36-26)35-21-9-6-11-24(25(21)31)42(3,40)41/h5-6,8-11,16-17,23,32H,4,7,12-15H2,1-3H3,(H,34,39)(H,33,35,36). The maximum absolute atomic E-state index is 15.0. The van der Waals surface area contributed by atoms with Crippen LogP contribution >= 0.6 is 0 Å². The Morgan fingerprint density at radius 2 is 1.86 bits per heavy atom. The topological polar surface area (TPSA) is 123 Å². The van der Waals surface area contributed by atoms with Crippen molar-refractivity contribution in [3.8, 4) is 11.3 Å². The molecule has 4 aromatic rings. The van der Waals surface area contributed by atoms with Crippen LogP contribution in [0, 0.1) is 11.6 Å². The monoisotopic (exact) mass is 597 g/mol. The van der Waals surface area contributed by atoms with E-state index in [2.05, 4.69) is 42.4 Å². The second-order valence-electron chi connectivity index (χ2n) is 10.4. The number of aromatic amines is 1. The molecule has 3 heterocycles. The summed E-state index contributed by atoms with van der Waals surface area (Å²) in [6.45, 7) is 5.55. The van der Waals surface area contributed by atoms with E-state index in [0.717, 1.165) is 51.1 Å². The number of hydrogen-bond acceptors (Lipinski definition) is 8. The number of carbonyl (C=O) groups is 1. The Morgan fingerprint density at radius 3 is 2.62 bits per heavy atom. The predicted octanol–water partition coefficient (Wildman–Crippen LogP) is 4.40. The van der Waals surface area contributed by atoms with Crippen molar-refractivity contribution >= 4 is 44.0 Å². The summed E-state index contributed by atoms with van der Waals surface area (Å²) in [4.78, 5) is 28.7. The number of rotatable bonds is 8. The van der Waals surface area contributed by atoms with Gasteiger partial charge in [-0.15, -0.1) is 0 Å². The van der Waals surface area contributed by atoms with Crippen molar-refractivity contribution in [2.45, 2.75) is 30.7 Å². The summed E-state index contributed by atoms with van der Waals surface area (Å²) in [5.41, 5.74) is 1.35. The van der Waals surface area contributed by atoms with Crippen LogP contribution in [0.2, 0.25) is 0 Å². The van der Waals surface area contributed by atoms with Gasteiger partial charge >= 0.3 is 0 Å². The average Bonchev–Trinajstić information content (AvgIpc) is 3.27. The number of anilines is 3. The SMILES string of the molecule is CCC(C(=O)Nc1cccc2c(-c3nc(Nc4cccc(S(C)(=O)=O)c4F)ncc3F)c[nH]c12)N1CCCN(C)CC1. The number of likely N-dealkylation sites (N-methyl/N-ethyl adjacent to an activating group) is 1. The van der Waals surface area contributed by atoms with Gasteiger partial charge in [-0.05, 0) is 44.6 Å². The Kier molecular flexibility index (Phi) is 8.53. The molecule has 0 bridgehead atoms. The van der Waals surface area contributed by atoms with Crippen LogP contribution in [0.3, 0.4) is 0 Å². The van der Waals surface area contributed by atoms with Crippen LogP contribution in [0.15, 0.2) is 53.7 Å². The Labute approximate surface area is 243 Å². The third-order valence-electron chi connectivity index (χ3n) is 7.47. The van der Waals surface area contributed by atoms with E-state index in [1.165, 1.54) is 12.1 Å². The van der Waals surface area contributed by atoms with Gasteiger partial charge in [0, 0.05) is 43.0 Å². The molecule has 10 nitrogen and oxygen atoms in total. The minimum absolute atomic E-state index is 0.0537. The number of fused-ring (bicyclic) bond motifs is 1. The Morgan fingerprint density at radius 1 is 1.10 bits per heavy atom. The zero-order chi connectivity index (χ0) is 30.0. The van der Waals surface area contributed by atoms with E-state index < -0.39 is 26.4 Å². The van der Waals surface area contributed by atoms with Crippen LogP contribution in [-0.2, 0) is 14.6 Å². The molecular formula is C29H33F2N7O3S. The van der Waals surface area contributed by atoms with Crippen molar-refractivity contribution in [2.75, 3.05) is 50.1 Å². The first-order valence-corrected chi connectivity index (χ1v) is 15.6. The number of amides is 1. The van der Waals surface area contributed by atoms with Gasteiger partial charge in [0.15, 0.2) is 21.5 Å². The predicted molar refractivity (Wildman–Crippen MR) is 158 cm³/mol.